The Balaban J connectivity index is 1.39. The minimum atomic E-state index is -1.32. The predicted octanol–water partition coefficient (Wildman–Crippen LogP) is 4.45. The zero-order chi connectivity index (χ0) is 23.4. The number of hydrogen-bond donors (Lipinski definition) is 2. The monoisotopic (exact) mass is 444 g/mol. The van der Waals surface area contributed by atoms with Crippen LogP contribution in [-0.2, 0) is 16.0 Å². The molecule has 0 radical (unpaired) electrons. The fraction of sp³-hybridized carbons (Fsp3) is 0.192. The van der Waals surface area contributed by atoms with Crippen LogP contribution in [0.2, 0.25) is 0 Å². The minimum Gasteiger partial charge on any atom is -0.494 e. The highest BCUT2D eigenvalue weighted by Gasteiger charge is 2.42. The van der Waals surface area contributed by atoms with Gasteiger partial charge in [-0.2, -0.15) is 0 Å². The summed E-state index contributed by atoms with van der Waals surface area (Å²) in [5, 5.41) is 5.60. The zero-order valence-corrected chi connectivity index (χ0v) is 18.4. The van der Waals surface area contributed by atoms with E-state index in [4.69, 9.17) is 9.47 Å². The number of nitrogens with one attached hydrogen (secondary N) is 2. The first-order valence-electron chi connectivity index (χ1n) is 10.6. The largest absolute Gasteiger partial charge is 0.494 e. The summed E-state index contributed by atoms with van der Waals surface area (Å²) in [5.74, 6) is -0.494. The molecule has 2 N–H and O–H groups in total. The maximum Gasteiger partial charge on any atom is 0.339 e. The van der Waals surface area contributed by atoms with Crippen molar-refractivity contribution in [3.8, 4) is 5.75 Å². The average Bonchev–Trinajstić information content (AvgIpc) is 2.81. The summed E-state index contributed by atoms with van der Waals surface area (Å²) in [6.07, 6.45) is 0.281. The standard InChI is InChI=1S/C26H24N2O5/c1-3-32-21-14-12-19(13-15-21)27-23(29)17-8-10-20(11-9-17)28-25(31)26(2)16-18-6-4-5-7-22(18)24(30)33-26/h4-15H,3,16H2,1-2H3,(H,27,29)(H,28,31). The van der Waals surface area contributed by atoms with E-state index in [1.807, 2.05) is 19.1 Å². The van der Waals surface area contributed by atoms with Gasteiger partial charge in [0.2, 0.25) is 0 Å². The number of ether oxygens (including phenoxy) is 2. The van der Waals surface area contributed by atoms with Crippen LogP contribution in [-0.4, -0.2) is 30.0 Å². The maximum absolute atomic E-state index is 12.9. The molecule has 1 aliphatic rings. The molecule has 0 saturated heterocycles. The molecule has 0 saturated carbocycles. The summed E-state index contributed by atoms with van der Waals surface area (Å²) < 4.78 is 10.9. The third-order valence-electron chi connectivity index (χ3n) is 5.39. The van der Waals surface area contributed by atoms with E-state index in [0.29, 0.717) is 29.1 Å². The van der Waals surface area contributed by atoms with Gasteiger partial charge in [0.05, 0.1) is 12.2 Å². The molecular weight excluding hydrogens is 420 g/mol. The lowest BCUT2D eigenvalue weighted by molar-refractivity contribution is -0.134. The first-order valence-corrected chi connectivity index (χ1v) is 10.6. The molecule has 3 aromatic carbocycles. The Hall–Kier alpha value is -4.13. The van der Waals surface area contributed by atoms with Gasteiger partial charge in [0.25, 0.3) is 11.8 Å². The molecule has 2 amide bonds. The van der Waals surface area contributed by atoms with Crippen LogP contribution in [0.4, 0.5) is 11.4 Å². The third kappa shape index (κ3) is 4.87. The van der Waals surface area contributed by atoms with Crippen molar-refractivity contribution in [1.29, 1.82) is 0 Å². The second-order valence-electron chi connectivity index (χ2n) is 7.90. The van der Waals surface area contributed by atoms with Gasteiger partial charge >= 0.3 is 5.97 Å². The molecule has 1 atom stereocenters. The summed E-state index contributed by atoms with van der Waals surface area (Å²) in [6, 6.07) is 20.7. The van der Waals surface area contributed by atoms with Gasteiger partial charge in [-0.15, -0.1) is 0 Å². The van der Waals surface area contributed by atoms with Crippen LogP contribution in [0.3, 0.4) is 0 Å². The molecule has 1 heterocycles. The van der Waals surface area contributed by atoms with Gasteiger partial charge in [0.15, 0.2) is 5.60 Å². The molecule has 33 heavy (non-hydrogen) atoms. The number of esters is 1. The van der Waals surface area contributed by atoms with E-state index in [2.05, 4.69) is 10.6 Å². The molecule has 1 aliphatic heterocycles. The number of anilines is 2. The quantitative estimate of drug-likeness (QED) is 0.548. The van der Waals surface area contributed by atoms with E-state index in [1.54, 1.807) is 67.6 Å². The van der Waals surface area contributed by atoms with Crippen molar-refractivity contribution in [3.63, 3.8) is 0 Å². The maximum atomic E-state index is 12.9. The predicted molar refractivity (Wildman–Crippen MR) is 125 cm³/mol. The number of benzene rings is 3. The molecular formula is C26H24N2O5. The van der Waals surface area contributed by atoms with Crippen LogP contribution < -0.4 is 15.4 Å². The highest BCUT2D eigenvalue weighted by Crippen LogP contribution is 2.29. The zero-order valence-electron chi connectivity index (χ0n) is 18.4. The summed E-state index contributed by atoms with van der Waals surface area (Å²) in [6.45, 7) is 4.07. The van der Waals surface area contributed by atoms with Gasteiger partial charge in [0, 0.05) is 23.4 Å². The molecule has 3 aromatic rings. The highest BCUT2D eigenvalue weighted by atomic mass is 16.6. The summed E-state index contributed by atoms with van der Waals surface area (Å²) in [7, 11) is 0. The average molecular weight is 444 g/mol. The number of hydrogen-bond acceptors (Lipinski definition) is 5. The van der Waals surface area contributed by atoms with Crippen LogP contribution in [0.15, 0.2) is 72.8 Å². The van der Waals surface area contributed by atoms with Crippen LogP contribution in [0.1, 0.15) is 40.1 Å². The number of rotatable bonds is 6. The Morgan fingerprint density at radius 3 is 2.27 bits per heavy atom. The van der Waals surface area contributed by atoms with Crippen LogP contribution in [0.25, 0.3) is 0 Å². The second-order valence-corrected chi connectivity index (χ2v) is 7.90. The molecule has 1 unspecified atom stereocenters. The number of cyclic esters (lactones) is 1. The SMILES string of the molecule is CCOc1ccc(NC(=O)c2ccc(NC(=O)C3(C)Cc4ccccc4C(=O)O3)cc2)cc1. The van der Waals surface area contributed by atoms with Crippen molar-refractivity contribution < 1.29 is 23.9 Å². The van der Waals surface area contributed by atoms with Crippen LogP contribution in [0.5, 0.6) is 5.75 Å². The smallest absolute Gasteiger partial charge is 0.339 e. The van der Waals surface area contributed by atoms with Crippen molar-refractivity contribution in [2.24, 2.45) is 0 Å². The van der Waals surface area contributed by atoms with E-state index in [1.165, 1.54) is 0 Å². The van der Waals surface area contributed by atoms with E-state index in [-0.39, 0.29) is 12.3 Å². The van der Waals surface area contributed by atoms with E-state index in [9.17, 15) is 14.4 Å². The highest BCUT2D eigenvalue weighted by molar-refractivity contribution is 6.05. The summed E-state index contributed by atoms with van der Waals surface area (Å²) >= 11 is 0. The minimum absolute atomic E-state index is 0.276. The van der Waals surface area contributed by atoms with Gasteiger partial charge in [-0.25, -0.2) is 4.79 Å². The van der Waals surface area contributed by atoms with Crippen LogP contribution in [0, 0.1) is 0 Å². The molecule has 0 aliphatic carbocycles. The molecule has 0 aromatic heterocycles. The number of fused-ring (bicyclic) bond motifs is 1. The summed E-state index contributed by atoms with van der Waals surface area (Å²) in [5.41, 5.74) is 1.50. The first kappa shape index (κ1) is 22.1. The molecule has 0 bridgehead atoms. The Morgan fingerprint density at radius 1 is 0.939 bits per heavy atom. The van der Waals surface area contributed by atoms with Gasteiger partial charge in [-0.05, 0) is 74.0 Å². The lowest BCUT2D eigenvalue weighted by Crippen LogP contribution is -2.48. The topological polar surface area (TPSA) is 93.7 Å². The number of carbonyl (C=O) groups excluding carboxylic acids is 3. The first-order chi connectivity index (χ1) is 15.9. The van der Waals surface area contributed by atoms with Gasteiger partial charge in [-0.1, -0.05) is 18.2 Å². The Kier molecular flexibility index (Phi) is 6.13. The van der Waals surface area contributed by atoms with E-state index >= 15 is 0 Å². The molecule has 0 spiro atoms. The van der Waals surface area contributed by atoms with Gasteiger partial charge < -0.3 is 20.1 Å². The lowest BCUT2D eigenvalue weighted by atomic mass is 9.89. The molecule has 168 valence electrons. The van der Waals surface area contributed by atoms with Crippen molar-refractivity contribution in [1.82, 2.24) is 0 Å². The molecule has 7 nitrogen and oxygen atoms in total. The molecule has 7 heteroatoms. The van der Waals surface area contributed by atoms with Crippen molar-refractivity contribution >= 4 is 29.2 Å². The Labute approximate surface area is 191 Å². The Bertz CT molecular complexity index is 1190. The number of amides is 2. The lowest BCUT2D eigenvalue weighted by Gasteiger charge is -2.33. The van der Waals surface area contributed by atoms with E-state index < -0.39 is 17.5 Å². The van der Waals surface area contributed by atoms with Crippen LogP contribution >= 0.6 is 0 Å². The summed E-state index contributed by atoms with van der Waals surface area (Å²) in [4.78, 5) is 37.7. The molecule has 0 fully saturated rings. The van der Waals surface area contributed by atoms with Crippen molar-refractivity contribution in [2.75, 3.05) is 17.2 Å². The van der Waals surface area contributed by atoms with Gasteiger partial charge in [0.1, 0.15) is 5.75 Å². The van der Waals surface area contributed by atoms with E-state index in [0.717, 1.165) is 11.3 Å². The fourth-order valence-electron chi connectivity index (χ4n) is 3.63. The van der Waals surface area contributed by atoms with Crippen molar-refractivity contribution in [2.45, 2.75) is 25.9 Å². The third-order valence-corrected chi connectivity index (χ3v) is 5.39. The Morgan fingerprint density at radius 2 is 1.58 bits per heavy atom. The number of carbonyl (C=O) groups is 3. The fourth-order valence-corrected chi connectivity index (χ4v) is 3.63. The second kappa shape index (κ2) is 9.16. The van der Waals surface area contributed by atoms with Gasteiger partial charge in [-0.3, -0.25) is 9.59 Å². The molecule has 4 rings (SSSR count). The van der Waals surface area contributed by atoms with Crippen molar-refractivity contribution in [3.05, 3.63) is 89.5 Å². The normalized spacial score (nSPS) is 16.8.